The van der Waals surface area contributed by atoms with Gasteiger partial charge >= 0.3 is 18.2 Å². The zero-order chi connectivity index (χ0) is 19.5. The lowest BCUT2D eigenvalue weighted by Crippen LogP contribution is -2.52. The van der Waals surface area contributed by atoms with Gasteiger partial charge in [0.05, 0.1) is 6.04 Å². The van der Waals surface area contributed by atoms with E-state index >= 15 is 0 Å². The average Bonchev–Trinajstić information content (AvgIpc) is 2.52. The van der Waals surface area contributed by atoms with Gasteiger partial charge in [-0.1, -0.05) is 30.3 Å². The van der Waals surface area contributed by atoms with Gasteiger partial charge in [-0.05, 0) is 39.2 Å². The average molecular weight is 372 g/mol. The Morgan fingerprint density at radius 1 is 1.15 bits per heavy atom. The Labute approximate surface area is 150 Å². The van der Waals surface area contributed by atoms with E-state index in [0.29, 0.717) is 5.56 Å². The lowest BCUT2D eigenvalue weighted by molar-refractivity contribution is -0.189. The van der Waals surface area contributed by atoms with E-state index in [-0.39, 0.29) is 25.4 Å². The maximum Gasteiger partial charge on any atom is 0.471 e. The van der Waals surface area contributed by atoms with Gasteiger partial charge in [-0.15, -0.1) is 0 Å². The number of hydrogen-bond donors (Lipinski definition) is 1. The number of halogens is 3. The first-order valence-electron chi connectivity index (χ1n) is 8.39. The summed E-state index contributed by atoms with van der Waals surface area (Å²) in [6.45, 7) is 5.08. The molecule has 1 aromatic rings. The summed E-state index contributed by atoms with van der Waals surface area (Å²) in [6.07, 6.45) is -5.14. The Balaban J connectivity index is 2.16. The summed E-state index contributed by atoms with van der Waals surface area (Å²) >= 11 is 0. The fourth-order valence-electron chi connectivity index (χ4n) is 2.97. The fourth-order valence-corrected chi connectivity index (χ4v) is 2.97. The third-order valence-corrected chi connectivity index (χ3v) is 4.01. The van der Waals surface area contributed by atoms with Gasteiger partial charge in [0.1, 0.15) is 5.60 Å². The summed E-state index contributed by atoms with van der Waals surface area (Å²) in [4.78, 5) is 24.6. The van der Waals surface area contributed by atoms with Crippen LogP contribution in [0.25, 0.3) is 0 Å². The highest BCUT2D eigenvalue weighted by Crippen LogP contribution is 2.34. The van der Waals surface area contributed by atoms with Crippen molar-refractivity contribution in [1.82, 2.24) is 10.2 Å². The summed E-state index contributed by atoms with van der Waals surface area (Å²) in [6, 6.07) is 7.37. The number of alkyl halides is 3. The van der Waals surface area contributed by atoms with Gasteiger partial charge in [0.15, 0.2) is 0 Å². The van der Waals surface area contributed by atoms with Gasteiger partial charge in [-0.25, -0.2) is 4.79 Å². The number of likely N-dealkylation sites (tertiary alicyclic amines) is 1. The molecule has 0 aliphatic carbocycles. The van der Waals surface area contributed by atoms with Crippen LogP contribution in [0, 0.1) is 0 Å². The van der Waals surface area contributed by atoms with Crippen LogP contribution in [0.1, 0.15) is 45.2 Å². The second-order valence-electron chi connectivity index (χ2n) is 7.29. The molecule has 1 aliphatic heterocycles. The molecule has 1 N–H and O–H groups in total. The Hall–Kier alpha value is -2.25. The molecule has 2 amide bonds. The number of carbonyl (C=O) groups excluding carboxylic acids is 2. The van der Waals surface area contributed by atoms with Crippen LogP contribution in [0.2, 0.25) is 0 Å². The quantitative estimate of drug-likeness (QED) is 0.859. The fraction of sp³-hybridized carbons (Fsp3) is 0.556. The molecule has 1 saturated heterocycles. The molecule has 1 aliphatic rings. The number of amides is 2. The Bertz CT molecular complexity index is 641. The second-order valence-corrected chi connectivity index (χ2v) is 7.29. The van der Waals surface area contributed by atoms with Crippen LogP contribution in [0.5, 0.6) is 0 Å². The van der Waals surface area contributed by atoms with E-state index in [2.05, 4.69) is 5.32 Å². The first-order valence-corrected chi connectivity index (χ1v) is 8.39. The highest BCUT2D eigenvalue weighted by atomic mass is 19.4. The number of nitrogens with one attached hydrogen (secondary N) is 1. The zero-order valence-corrected chi connectivity index (χ0v) is 15.0. The van der Waals surface area contributed by atoms with Gasteiger partial charge in [0.2, 0.25) is 0 Å². The highest BCUT2D eigenvalue weighted by Gasteiger charge is 2.46. The molecular weight excluding hydrogens is 349 g/mol. The largest absolute Gasteiger partial charge is 0.471 e. The molecule has 5 nitrogen and oxygen atoms in total. The van der Waals surface area contributed by atoms with E-state index in [4.69, 9.17) is 4.74 Å². The third kappa shape index (κ3) is 5.37. The predicted molar refractivity (Wildman–Crippen MR) is 89.3 cm³/mol. The topological polar surface area (TPSA) is 58.6 Å². The number of benzene rings is 1. The molecule has 26 heavy (non-hydrogen) atoms. The zero-order valence-electron chi connectivity index (χ0n) is 15.0. The normalized spacial score (nSPS) is 21.2. The molecule has 2 atom stereocenters. The molecule has 1 heterocycles. The molecule has 1 aromatic carbocycles. The van der Waals surface area contributed by atoms with Crippen LogP contribution in [0.4, 0.5) is 18.0 Å². The van der Waals surface area contributed by atoms with E-state index in [0.717, 1.165) is 4.90 Å². The summed E-state index contributed by atoms with van der Waals surface area (Å²) in [7, 11) is 0. The van der Waals surface area contributed by atoms with Crippen LogP contribution in [-0.4, -0.2) is 41.3 Å². The maximum atomic E-state index is 12.9. The Kier molecular flexibility index (Phi) is 5.83. The molecule has 0 aromatic heterocycles. The number of nitrogens with zero attached hydrogens (tertiary/aromatic N) is 1. The molecule has 0 bridgehead atoms. The second kappa shape index (κ2) is 7.55. The molecule has 2 rings (SSSR count). The van der Waals surface area contributed by atoms with Crippen LogP contribution in [0.3, 0.4) is 0 Å². The highest BCUT2D eigenvalue weighted by molar-refractivity contribution is 5.82. The first kappa shape index (κ1) is 20.1. The van der Waals surface area contributed by atoms with Gasteiger partial charge in [0, 0.05) is 12.6 Å². The van der Waals surface area contributed by atoms with Gasteiger partial charge in [0.25, 0.3) is 0 Å². The predicted octanol–water partition coefficient (Wildman–Crippen LogP) is 3.81. The minimum absolute atomic E-state index is 0.0988. The lowest BCUT2D eigenvalue weighted by Gasteiger charge is -2.40. The Morgan fingerprint density at radius 2 is 1.77 bits per heavy atom. The number of rotatable bonds is 2. The van der Waals surface area contributed by atoms with E-state index < -0.39 is 29.8 Å². The van der Waals surface area contributed by atoms with Crippen molar-refractivity contribution in [3.05, 3.63) is 35.9 Å². The van der Waals surface area contributed by atoms with Crippen LogP contribution in [-0.2, 0) is 9.53 Å². The standard InChI is InChI=1S/C18H23F3N2O3/c1-17(2,3)26-16(25)22-13-9-10-23(15(24)18(19,20)21)14(11-13)12-7-5-4-6-8-12/h4-8,13-14H,9-11H2,1-3H3,(H,22,25)/t13-,14-/m0/s1. The van der Waals surface area contributed by atoms with Crippen molar-refractivity contribution >= 4 is 12.0 Å². The SMILES string of the molecule is CC(C)(C)OC(=O)N[C@H]1CCN(C(=O)C(F)(F)F)[C@H](c2ccccc2)C1. The maximum absolute atomic E-state index is 12.9. The molecule has 0 radical (unpaired) electrons. The van der Waals surface area contributed by atoms with Crippen molar-refractivity contribution in [2.45, 2.75) is 57.5 Å². The molecule has 0 unspecified atom stereocenters. The summed E-state index contributed by atoms with van der Waals surface area (Å²) in [5.41, 5.74) is -0.0728. The van der Waals surface area contributed by atoms with E-state index in [9.17, 15) is 22.8 Å². The van der Waals surface area contributed by atoms with Crippen LogP contribution >= 0.6 is 0 Å². The van der Waals surface area contributed by atoms with Crippen molar-refractivity contribution in [3.63, 3.8) is 0 Å². The number of ether oxygens (including phenoxy) is 1. The number of carbonyl (C=O) groups is 2. The van der Waals surface area contributed by atoms with E-state index in [1.54, 1.807) is 51.1 Å². The number of piperidine rings is 1. The molecule has 0 saturated carbocycles. The van der Waals surface area contributed by atoms with E-state index in [1.807, 2.05) is 0 Å². The molecule has 8 heteroatoms. The van der Waals surface area contributed by atoms with E-state index in [1.165, 1.54) is 0 Å². The monoisotopic (exact) mass is 372 g/mol. The molecule has 1 fully saturated rings. The summed E-state index contributed by atoms with van der Waals surface area (Å²) in [5, 5.41) is 2.69. The van der Waals surface area contributed by atoms with Crippen LogP contribution < -0.4 is 5.32 Å². The van der Waals surface area contributed by atoms with Crippen molar-refractivity contribution in [2.24, 2.45) is 0 Å². The van der Waals surface area contributed by atoms with Crippen molar-refractivity contribution in [3.8, 4) is 0 Å². The number of alkyl carbamates (subject to hydrolysis) is 1. The summed E-state index contributed by atoms with van der Waals surface area (Å²) < 4.78 is 44.0. The van der Waals surface area contributed by atoms with Gasteiger partial charge in [-0.3, -0.25) is 4.79 Å². The molecule has 0 spiro atoms. The van der Waals surface area contributed by atoms with Crippen molar-refractivity contribution in [2.75, 3.05) is 6.54 Å². The van der Waals surface area contributed by atoms with Gasteiger partial charge in [-0.2, -0.15) is 13.2 Å². The minimum Gasteiger partial charge on any atom is -0.444 e. The van der Waals surface area contributed by atoms with Gasteiger partial charge < -0.3 is 15.0 Å². The third-order valence-electron chi connectivity index (χ3n) is 4.01. The molecule has 144 valence electrons. The van der Waals surface area contributed by atoms with Crippen molar-refractivity contribution < 1.29 is 27.5 Å². The number of hydrogen-bond acceptors (Lipinski definition) is 3. The summed E-state index contributed by atoms with van der Waals surface area (Å²) in [5.74, 6) is -1.86. The first-order chi connectivity index (χ1) is 12.0. The molecular formula is C18H23F3N2O3. The van der Waals surface area contributed by atoms with Crippen LogP contribution in [0.15, 0.2) is 30.3 Å². The smallest absolute Gasteiger partial charge is 0.444 e. The van der Waals surface area contributed by atoms with Crippen molar-refractivity contribution in [1.29, 1.82) is 0 Å². The minimum atomic E-state index is -4.93. The lowest BCUT2D eigenvalue weighted by atomic mass is 9.91. The Morgan fingerprint density at radius 3 is 2.31 bits per heavy atom.